The van der Waals surface area contributed by atoms with E-state index in [1.807, 2.05) is 31.2 Å². The van der Waals surface area contributed by atoms with Gasteiger partial charge in [0.2, 0.25) is 0 Å². The van der Waals surface area contributed by atoms with Gasteiger partial charge in [0.25, 0.3) is 0 Å². The summed E-state index contributed by atoms with van der Waals surface area (Å²) >= 11 is 0. The van der Waals surface area contributed by atoms with Gasteiger partial charge in [0.1, 0.15) is 0 Å². The summed E-state index contributed by atoms with van der Waals surface area (Å²) in [6.07, 6.45) is 8.31. The minimum atomic E-state index is -0.00583. The van der Waals surface area contributed by atoms with Gasteiger partial charge in [-0.1, -0.05) is 29.8 Å². The average Bonchev–Trinajstić information content (AvgIpc) is 2.80. The van der Waals surface area contributed by atoms with Crippen LogP contribution in [0.3, 0.4) is 0 Å². The highest BCUT2D eigenvalue weighted by Crippen LogP contribution is 2.05. The molecule has 1 aromatic carbocycles. The Kier molecular flexibility index (Phi) is 2.96. The Hall–Kier alpha value is -2.16. The zero-order valence-electron chi connectivity index (χ0n) is 9.00. The van der Waals surface area contributed by atoms with Crippen LogP contribution in [0.5, 0.6) is 0 Å². The third kappa shape index (κ3) is 2.45. The van der Waals surface area contributed by atoms with E-state index in [2.05, 4.69) is 4.98 Å². The van der Waals surface area contributed by atoms with Gasteiger partial charge in [0.05, 0.1) is 6.33 Å². The highest BCUT2D eigenvalue weighted by Gasteiger charge is 1.99. The molecule has 16 heavy (non-hydrogen) atoms. The van der Waals surface area contributed by atoms with Gasteiger partial charge in [-0.25, -0.2) is 4.98 Å². The summed E-state index contributed by atoms with van der Waals surface area (Å²) < 4.78 is 1.73. The van der Waals surface area contributed by atoms with Crippen molar-refractivity contribution in [3.8, 4) is 0 Å². The molecule has 0 radical (unpaired) electrons. The minimum Gasteiger partial charge on any atom is -0.313 e. The van der Waals surface area contributed by atoms with E-state index in [1.165, 1.54) is 6.08 Å². The lowest BCUT2D eigenvalue weighted by Crippen LogP contribution is -1.94. The molecule has 3 heteroatoms. The van der Waals surface area contributed by atoms with Crippen LogP contribution in [0.25, 0.3) is 6.20 Å². The van der Waals surface area contributed by atoms with Crippen molar-refractivity contribution in [3.05, 3.63) is 60.2 Å². The first-order chi connectivity index (χ1) is 7.75. The lowest BCUT2D eigenvalue weighted by atomic mass is 10.1. The number of benzene rings is 1. The first-order valence-corrected chi connectivity index (χ1v) is 5.02. The number of hydrogen-bond donors (Lipinski definition) is 0. The van der Waals surface area contributed by atoms with Crippen molar-refractivity contribution < 1.29 is 4.79 Å². The number of imidazole rings is 1. The number of rotatable bonds is 3. The Morgan fingerprint density at radius 3 is 2.69 bits per heavy atom. The maximum atomic E-state index is 11.7. The van der Waals surface area contributed by atoms with Gasteiger partial charge >= 0.3 is 0 Å². The van der Waals surface area contributed by atoms with E-state index in [4.69, 9.17) is 0 Å². The molecule has 80 valence electrons. The first-order valence-electron chi connectivity index (χ1n) is 5.02. The highest BCUT2D eigenvalue weighted by molar-refractivity contribution is 6.06. The zero-order valence-corrected chi connectivity index (χ0v) is 9.00. The van der Waals surface area contributed by atoms with Gasteiger partial charge in [0, 0.05) is 30.2 Å². The van der Waals surface area contributed by atoms with Gasteiger partial charge in [0.15, 0.2) is 5.78 Å². The van der Waals surface area contributed by atoms with Crippen LogP contribution in [0, 0.1) is 6.92 Å². The molecule has 0 bridgehead atoms. The van der Waals surface area contributed by atoms with E-state index in [0.29, 0.717) is 5.56 Å². The van der Waals surface area contributed by atoms with Crippen molar-refractivity contribution in [2.24, 2.45) is 0 Å². The van der Waals surface area contributed by atoms with Crippen LogP contribution in [0.15, 0.2) is 49.1 Å². The lowest BCUT2D eigenvalue weighted by molar-refractivity contribution is 0.104. The number of aryl methyl sites for hydroxylation is 1. The molecule has 0 aliphatic rings. The van der Waals surface area contributed by atoms with Gasteiger partial charge < -0.3 is 4.57 Å². The molecule has 2 rings (SSSR count). The zero-order chi connectivity index (χ0) is 11.4. The van der Waals surface area contributed by atoms with E-state index >= 15 is 0 Å². The van der Waals surface area contributed by atoms with Crippen molar-refractivity contribution in [1.82, 2.24) is 9.55 Å². The molecule has 0 fully saturated rings. The molecule has 0 unspecified atom stereocenters. The maximum absolute atomic E-state index is 11.7. The molecule has 0 N–H and O–H groups in total. The lowest BCUT2D eigenvalue weighted by Gasteiger charge is -1.96. The number of allylic oxidation sites excluding steroid dienone is 1. The molecular formula is C13H12N2O. The van der Waals surface area contributed by atoms with E-state index < -0.39 is 0 Å². The predicted octanol–water partition coefficient (Wildman–Crippen LogP) is 2.55. The summed E-state index contributed by atoms with van der Waals surface area (Å²) in [5, 5.41) is 0. The Morgan fingerprint density at radius 1 is 1.31 bits per heavy atom. The molecular weight excluding hydrogens is 200 g/mol. The van der Waals surface area contributed by atoms with E-state index in [0.717, 1.165) is 5.56 Å². The Labute approximate surface area is 94.1 Å². The largest absolute Gasteiger partial charge is 0.313 e. The summed E-state index contributed by atoms with van der Waals surface area (Å²) in [5.41, 5.74) is 1.84. The van der Waals surface area contributed by atoms with Crippen LogP contribution < -0.4 is 0 Å². The van der Waals surface area contributed by atoms with E-state index in [-0.39, 0.29) is 5.78 Å². The van der Waals surface area contributed by atoms with Gasteiger partial charge in [-0.15, -0.1) is 0 Å². The third-order valence-corrected chi connectivity index (χ3v) is 2.26. The number of ketones is 1. The van der Waals surface area contributed by atoms with Crippen molar-refractivity contribution in [2.75, 3.05) is 0 Å². The fraction of sp³-hybridized carbons (Fsp3) is 0.0769. The summed E-state index contributed by atoms with van der Waals surface area (Å²) in [7, 11) is 0. The summed E-state index contributed by atoms with van der Waals surface area (Å²) in [6.45, 7) is 2.00. The van der Waals surface area contributed by atoms with Gasteiger partial charge in [-0.3, -0.25) is 4.79 Å². The Balaban J connectivity index is 2.11. The van der Waals surface area contributed by atoms with Crippen molar-refractivity contribution in [3.63, 3.8) is 0 Å². The predicted molar refractivity (Wildman–Crippen MR) is 63.1 cm³/mol. The second kappa shape index (κ2) is 4.57. The van der Waals surface area contributed by atoms with Crippen LogP contribution in [0.1, 0.15) is 15.9 Å². The number of nitrogens with zero attached hydrogens (tertiary/aromatic N) is 2. The molecule has 0 aliphatic carbocycles. The number of carbonyl (C=O) groups excluding carboxylic acids is 1. The fourth-order valence-corrected chi connectivity index (χ4v) is 1.33. The molecule has 0 spiro atoms. The van der Waals surface area contributed by atoms with Crippen LogP contribution >= 0.6 is 0 Å². The average molecular weight is 212 g/mol. The van der Waals surface area contributed by atoms with Crippen LogP contribution in [0.2, 0.25) is 0 Å². The van der Waals surface area contributed by atoms with Gasteiger partial charge in [-0.2, -0.15) is 0 Å². The second-order valence-electron chi connectivity index (χ2n) is 3.56. The Morgan fingerprint density at radius 2 is 2.06 bits per heavy atom. The van der Waals surface area contributed by atoms with Crippen LogP contribution in [-0.2, 0) is 0 Å². The summed E-state index contributed by atoms with van der Waals surface area (Å²) in [6, 6.07) is 7.52. The highest BCUT2D eigenvalue weighted by atomic mass is 16.1. The van der Waals surface area contributed by atoms with Crippen molar-refractivity contribution in [1.29, 1.82) is 0 Å². The topological polar surface area (TPSA) is 34.9 Å². The summed E-state index contributed by atoms with van der Waals surface area (Å²) in [5.74, 6) is -0.00583. The molecule has 1 aromatic heterocycles. The standard InChI is InChI=1S/C13H12N2O/c1-11-2-4-12(5-3-11)13(16)6-8-15-9-7-14-10-15/h2-10H,1H3. The Bertz CT molecular complexity index is 495. The third-order valence-electron chi connectivity index (χ3n) is 2.26. The summed E-state index contributed by atoms with van der Waals surface area (Å²) in [4.78, 5) is 15.6. The van der Waals surface area contributed by atoms with Crippen molar-refractivity contribution in [2.45, 2.75) is 6.92 Å². The molecule has 2 aromatic rings. The molecule has 0 saturated heterocycles. The monoisotopic (exact) mass is 212 g/mol. The van der Waals surface area contributed by atoms with Crippen LogP contribution in [-0.4, -0.2) is 15.3 Å². The SMILES string of the molecule is Cc1ccc(C(=O)C=Cn2ccnc2)cc1. The second-order valence-corrected chi connectivity index (χ2v) is 3.56. The first kappa shape index (κ1) is 10.4. The van der Waals surface area contributed by atoms with Crippen LogP contribution in [0.4, 0.5) is 0 Å². The molecule has 1 heterocycles. The molecule has 0 aliphatic heterocycles. The molecule has 0 amide bonds. The van der Waals surface area contributed by atoms with E-state index in [9.17, 15) is 4.79 Å². The number of carbonyl (C=O) groups is 1. The fourth-order valence-electron chi connectivity index (χ4n) is 1.33. The van der Waals surface area contributed by atoms with Gasteiger partial charge in [-0.05, 0) is 6.92 Å². The molecule has 0 saturated carbocycles. The molecule has 0 atom stereocenters. The van der Waals surface area contributed by atoms with E-state index in [1.54, 1.807) is 29.5 Å². The number of hydrogen-bond acceptors (Lipinski definition) is 2. The quantitative estimate of drug-likeness (QED) is 0.579. The van der Waals surface area contributed by atoms with Crippen molar-refractivity contribution >= 4 is 12.0 Å². The smallest absolute Gasteiger partial charge is 0.187 e. The maximum Gasteiger partial charge on any atom is 0.187 e. The molecule has 3 nitrogen and oxygen atoms in total. The number of aromatic nitrogens is 2. The normalized spacial score (nSPS) is 10.8. The minimum absolute atomic E-state index is 0.00583.